The first-order valence-electron chi connectivity index (χ1n) is 3.67. The van der Waals surface area contributed by atoms with E-state index in [4.69, 9.17) is 9.84 Å². The number of rotatable bonds is 3. The lowest BCUT2D eigenvalue weighted by Gasteiger charge is -2.11. The Bertz CT molecular complexity index is 149. The van der Waals surface area contributed by atoms with Gasteiger partial charge in [0.05, 0.1) is 6.10 Å². The molecule has 0 radical (unpaired) electrons. The third-order valence-corrected chi connectivity index (χ3v) is 1.79. The fraction of sp³-hybridized carbons (Fsp3) is 0.857. The molecule has 64 valence electrons. The summed E-state index contributed by atoms with van der Waals surface area (Å²) in [6.07, 6.45) is 0.505. The van der Waals surface area contributed by atoms with Gasteiger partial charge < -0.3 is 9.84 Å². The van der Waals surface area contributed by atoms with Crippen LogP contribution in [-0.4, -0.2) is 30.0 Å². The normalized spacial score (nSPS) is 30.6. The van der Waals surface area contributed by atoms with Crippen LogP contribution in [0.25, 0.3) is 0 Å². The molecular weight excluding hydrogens is 151 g/mol. The highest BCUT2D eigenvalue weighted by molar-refractivity contribution is 5.68. The van der Waals surface area contributed by atoms with Crippen LogP contribution < -0.4 is 0 Å². The van der Waals surface area contributed by atoms with Crippen molar-refractivity contribution in [2.75, 3.05) is 6.61 Å². The predicted octanol–water partition coefficient (Wildman–Crippen LogP) is 0.978. The zero-order chi connectivity index (χ0) is 8.27. The number of alkyl halides is 1. The van der Waals surface area contributed by atoms with Crippen LogP contribution in [0.1, 0.15) is 19.3 Å². The Hall–Kier alpha value is -0.640. The second-order valence-electron chi connectivity index (χ2n) is 2.69. The number of carboxylic acid groups (broad SMARTS) is 1. The zero-order valence-electron chi connectivity index (χ0n) is 6.12. The van der Waals surface area contributed by atoms with E-state index in [9.17, 15) is 9.18 Å². The highest BCUT2D eigenvalue weighted by Gasteiger charge is 2.27. The summed E-state index contributed by atoms with van der Waals surface area (Å²) >= 11 is 0. The summed E-state index contributed by atoms with van der Waals surface area (Å²) in [4.78, 5) is 10.0. The first-order valence-corrected chi connectivity index (χ1v) is 3.67. The maximum atomic E-state index is 12.7. The molecule has 0 bridgehead atoms. The molecule has 1 fully saturated rings. The van der Waals surface area contributed by atoms with Crippen molar-refractivity contribution in [3.63, 3.8) is 0 Å². The van der Waals surface area contributed by atoms with Crippen molar-refractivity contribution in [3.8, 4) is 0 Å². The van der Waals surface area contributed by atoms with Crippen LogP contribution in [0.2, 0.25) is 0 Å². The molecular formula is C7H11FO3. The summed E-state index contributed by atoms with van der Waals surface area (Å²) in [6.45, 7) is -0.384. The zero-order valence-corrected chi connectivity index (χ0v) is 6.12. The number of halogens is 1. The Morgan fingerprint density at radius 2 is 2.36 bits per heavy atom. The van der Waals surface area contributed by atoms with E-state index in [1.165, 1.54) is 0 Å². The Morgan fingerprint density at radius 3 is 2.82 bits per heavy atom. The van der Waals surface area contributed by atoms with Gasteiger partial charge in [-0.3, -0.25) is 0 Å². The van der Waals surface area contributed by atoms with Gasteiger partial charge in [-0.25, -0.2) is 9.18 Å². The minimum atomic E-state index is -1.04. The Morgan fingerprint density at radius 1 is 1.64 bits per heavy atom. The highest BCUT2D eigenvalue weighted by atomic mass is 19.1. The van der Waals surface area contributed by atoms with E-state index in [0.29, 0.717) is 12.8 Å². The molecule has 1 saturated carbocycles. The van der Waals surface area contributed by atoms with Crippen molar-refractivity contribution >= 4 is 5.97 Å². The van der Waals surface area contributed by atoms with Gasteiger partial charge in [0.2, 0.25) is 0 Å². The molecule has 0 aromatic heterocycles. The van der Waals surface area contributed by atoms with Crippen LogP contribution >= 0.6 is 0 Å². The minimum absolute atomic E-state index is 0.384. The van der Waals surface area contributed by atoms with E-state index >= 15 is 0 Å². The quantitative estimate of drug-likeness (QED) is 0.672. The summed E-state index contributed by atoms with van der Waals surface area (Å²) in [5.41, 5.74) is 0. The fourth-order valence-electron chi connectivity index (χ4n) is 1.25. The Labute approximate surface area is 64.2 Å². The van der Waals surface area contributed by atoms with E-state index in [2.05, 4.69) is 0 Å². The average Bonchev–Trinajstić information content (AvgIpc) is 2.31. The Kier molecular flexibility index (Phi) is 2.82. The van der Waals surface area contributed by atoms with Crippen molar-refractivity contribution in [2.24, 2.45) is 0 Å². The second-order valence-corrected chi connectivity index (χ2v) is 2.69. The SMILES string of the molecule is O=C(O)CO[C@@H]1CCC[C@H]1F. The first-order chi connectivity index (χ1) is 5.20. The second kappa shape index (κ2) is 3.67. The lowest BCUT2D eigenvalue weighted by atomic mass is 10.3. The van der Waals surface area contributed by atoms with E-state index in [1.54, 1.807) is 0 Å². The van der Waals surface area contributed by atoms with Gasteiger partial charge in [0.25, 0.3) is 0 Å². The molecule has 0 aliphatic heterocycles. The van der Waals surface area contributed by atoms with Crippen molar-refractivity contribution in [1.82, 2.24) is 0 Å². The number of ether oxygens (including phenoxy) is 1. The van der Waals surface area contributed by atoms with Crippen LogP contribution in [0, 0.1) is 0 Å². The molecule has 11 heavy (non-hydrogen) atoms. The predicted molar refractivity (Wildman–Crippen MR) is 36.1 cm³/mol. The van der Waals surface area contributed by atoms with E-state index in [-0.39, 0.29) is 6.61 Å². The lowest BCUT2D eigenvalue weighted by Crippen LogP contribution is -2.22. The largest absolute Gasteiger partial charge is 0.480 e. The summed E-state index contributed by atoms with van der Waals surface area (Å²) in [5.74, 6) is -1.04. The minimum Gasteiger partial charge on any atom is -0.480 e. The summed E-state index contributed by atoms with van der Waals surface area (Å²) in [5, 5.41) is 8.21. The highest BCUT2D eigenvalue weighted by Crippen LogP contribution is 2.24. The molecule has 0 amide bonds. The van der Waals surface area contributed by atoms with Gasteiger partial charge in [0.1, 0.15) is 12.8 Å². The molecule has 1 aliphatic rings. The van der Waals surface area contributed by atoms with Gasteiger partial charge in [-0.2, -0.15) is 0 Å². The number of hydrogen-bond acceptors (Lipinski definition) is 2. The van der Waals surface area contributed by atoms with E-state index in [0.717, 1.165) is 6.42 Å². The molecule has 0 heterocycles. The molecule has 0 unspecified atom stereocenters. The van der Waals surface area contributed by atoms with Crippen molar-refractivity contribution < 1.29 is 19.0 Å². The number of carboxylic acids is 1. The smallest absolute Gasteiger partial charge is 0.329 e. The van der Waals surface area contributed by atoms with Gasteiger partial charge in [-0.15, -0.1) is 0 Å². The van der Waals surface area contributed by atoms with Crippen LogP contribution in [0.3, 0.4) is 0 Å². The monoisotopic (exact) mass is 162 g/mol. The lowest BCUT2D eigenvalue weighted by molar-refractivity contribution is -0.145. The number of aliphatic carboxylic acids is 1. The molecule has 2 atom stereocenters. The molecule has 1 N–H and O–H groups in total. The summed E-state index contributed by atoms with van der Waals surface area (Å²) in [6, 6.07) is 0. The van der Waals surface area contributed by atoms with Crippen molar-refractivity contribution in [3.05, 3.63) is 0 Å². The van der Waals surface area contributed by atoms with Crippen LogP contribution in [0.15, 0.2) is 0 Å². The summed E-state index contributed by atoms with van der Waals surface area (Å²) < 4.78 is 17.5. The van der Waals surface area contributed by atoms with E-state index < -0.39 is 18.2 Å². The maximum absolute atomic E-state index is 12.7. The van der Waals surface area contributed by atoms with E-state index in [1.807, 2.05) is 0 Å². The summed E-state index contributed by atoms with van der Waals surface area (Å²) in [7, 11) is 0. The van der Waals surface area contributed by atoms with Crippen LogP contribution in [0.4, 0.5) is 4.39 Å². The van der Waals surface area contributed by atoms with Gasteiger partial charge in [0.15, 0.2) is 0 Å². The molecule has 3 nitrogen and oxygen atoms in total. The van der Waals surface area contributed by atoms with Crippen molar-refractivity contribution in [1.29, 1.82) is 0 Å². The van der Waals surface area contributed by atoms with Gasteiger partial charge >= 0.3 is 5.97 Å². The third kappa shape index (κ3) is 2.46. The molecule has 0 aromatic rings. The number of hydrogen-bond donors (Lipinski definition) is 1. The van der Waals surface area contributed by atoms with Gasteiger partial charge in [-0.1, -0.05) is 0 Å². The standard InChI is InChI=1S/C7H11FO3/c8-5-2-1-3-6(5)11-4-7(9)10/h5-6H,1-4H2,(H,9,10)/t5-,6-/m1/s1. The first kappa shape index (κ1) is 8.46. The Balaban J connectivity index is 2.20. The maximum Gasteiger partial charge on any atom is 0.329 e. The molecule has 1 aliphatic carbocycles. The van der Waals surface area contributed by atoms with Crippen LogP contribution in [0.5, 0.6) is 0 Å². The topological polar surface area (TPSA) is 46.5 Å². The van der Waals surface area contributed by atoms with Crippen LogP contribution in [-0.2, 0) is 9.53 Å². The molecule has 1 rings (SSSR count). The molecule has 0 saturated heterocycles. The number of carbonyl (C=O) groups is 1. The molecule has 4 heteroatoms. The van der Waals surface area contributed by atoms with Gasteiger partial charge in [0, 0.05) is 0 Å². The fourth-order valence-corrected chi connectivity index (χ4v) is 1.25. The molecule has 0 spiro atoms. The average molecular weight is 162 g/mol. The van der Waals surface area contributed by atoms with Gasteiger partial charge in [-0.05, 0) is 19.3 Å². The van der Waals surface area contributed by atoms with Crippen molar-refractivity contribution in [2.45, 2.75) is 31.5 Å². The molecule has 0 aromatic carbocycles. The third-order valence-electron chi connectivity index (χ3n) is 1.79.